The van der Waals surface area contributed by atoms with Gasteiger partial charge in [-0.2, -0.15) is 0 Å². The number of rotatable bonds is 6. The van der Waals surface area contributed by atoms with Crippen LogP contribution in [-0.4, -0.2) is 19.3 Å². The number of hydrogen-bond donors (Lipinski definition) is 1. The summed E-state index contributed by atoms with van der Waals surface area (Å²) in [5.74, 6) is -0.265. The van der Waals surface area contributed by atoms with Crippen LogP contribution in [0.3, 0.4) is 0 Å². The van der Waals surface area contributed by atoms with E-state index >= 15 is 0 Å². The summed E-state index contributed by atoms with van der Waals surface area (Å²) >= 11 is 5.95. The number of ether oxygens (including phenoxy) is 1. The smallest absolute Gasteiger partial charge is 0.123 e. The molecule has 0 radical (unpaired) electrons. The average molecular weight is 246 g/mol. The molecule has 1 N–H and O–H groups in total. The van der Waals surface area contributed by atoms with Gasteiger partial charge in [-0.05, 0) is 37.6 Å². The minimum absolute atomic E-state index is 0.222. The summed E-state index contributed by atoms with van der Waals surface area (Å²) < 4.78 is 18.2. The molecule has 0 saturated heterocycles. The van der Waals surface area contributed by atoms with E-state index in [1.807, 2.05) is 13.8 Å². The molecule has 0 aliphatic heterocycles. The summed E-state index contributed by atoms with van der Waals surface area (Å²) in [6.07, 6.45) is 0. The molecule has 90 valence electrons. The predicted molar refractivity (Wildman–Crippen MR) is 64.2 cm³/mol. The van der Waals surface area contributed by atoms with E-state index < -0.39 is 0 Å². The zero-order chi connectivity index (χ0) is 12.0. The molecule has 0 aliphatic rings. The van der Waals surface area contributed by atoms with Crippen molar-refractivity contribution >= 4 is 11.6 Å². The van der Waals surface area contributed by atoms with Crippen molar-refractivity contribution in [3.05, 3.63) is 34.6 Å². The van der Waals surface area contributed by atoms with E-state index in [0.29, 0.717) is 24.8 Å². The molecule has 0 saturated carbocycles. The molecule has 1 rings (SSSR count). The first-order valence-electron chi connectivity index (χ1n) is 5.38. The molecule has 1 aromatic rings. The molecule has 4 heteroatoms. The van der Waals surface area contributed by atoms with Gasteiger partial charge in [0, 0.05) is 24.2 Å². The fraction of sp³-hybridized carbons (Fsp3) is 0.500. The van der Waals surface area contributed by atoms with Crippen molar-refractivity contribution in [1.29, 1.82) is 0 Å². The third-order valence-electron chi connectivity index (χ3n) is 2.22. The predicted octanol–water partition coefficient (Wildman–Crippen LogP) is 2.99. The summed E-state index contributed by atoms with van der Waals surface area (Å²) in [5.41, 5.74) is 0.769. The molecule has 16 heavy (non-hydrogen) atoms. The molecule has 0 aliphatic carbocycles. The molecular weight excluding hydrogens is 229 g/mol. The van der Waals surface area contributed by atoms with Gasteiger partial charge in [-0.25, -0.2) is 4.39 Å². The number of nitrogens with one attached hydrogen (secondary N) is 1. The van der Waals surface area contributed by atoms with E-state index in [9.17, 15) is 4.39 Å². The monoisotopic (exact) mass is 245 g/mol. The van der Waals surface area contributed by atoms with Crippen LogP contribution in [0.15, 0.2) is 18.2 Å². The summed E-state index contributed by atoms with van der Waals surface area (Å²) in [6.45, 7) is 5.86. The zero-order valence-corrected chi connectivity index (χ0v) is 10.4. The highest BCUT2D eigenvalue weighted by Gasteiger charge is 2.05. The Morgan fingerprint density at radius 3 is 2.94 bits per heavy atom. The van der Waals surface area contributed by atoms with Gasteiger partial charge in [0.25, 0.3) is 0 Å². The molecule has 0 heterocycles. The summed E-state index contributed by atoms with van der Waals surface area (Å²) in [4.78, 5) is 0. The Hall–Kier alpha value is -0.640. The molecule has 0 aromatic heterocycles. The lowest BCUT2D eigenvalue weighted by Crippen LogP contribution is -2.30. The van der Waals surface area contributed by atoms with Gasteiger partial charge in [0.15, 0.2) is 0 Å². The second kappa shape index (κ2) is 6.84. The number of hydrogen-bond acceptors (Lipinski definition) is 2. The summed E-state index contributed by atoms with van der Waals surface area (Å²) in [5, 5.41) is 3.81. The van der Waals surface area contributed by atoms with Gasteiger partial charge in [-0.1, -0.05) is 11.6 Å². The molecule has 0 amide bonds. The lowest BCUT2D eigenvalue weighted by Gasteiger charge is -2.14. The van der Waals surface area contributed by atoms with Gasteiger partial charge < -0.3 is 10.1 Å². The van der Waals surface area contributed by atoms with E-state index in [1.54, 1.807) is 6.07 Å². The lowest BCUT2D eigenvalue weighted by atomic mass is 10.2. The second-order valence-corrected chi connectivity index (χ2v) is 4.08. The first-order valence-corrected chi connectivity index (χ1v) is 5.76. The van der Waals surface area contributed by atoms with E-state index in [1.165, 1.54) is 12.1 Å². The Morgan fingerprint density at radius 2 is 2.25 bits per heavy atom. The van der Waals surface area contributed by atoms with Crippen molar-refractivity contribution in [3.8, 4) is 0 Å². The fourth-order valence-electron chi connectivity index (χ4n) is 1.32. The Kier molecular flexibility index (Phi) is 5.74. The molecule has 1 atom stereocenters. The van der Waals surface area contributed by atoms with Crippen LogP contribution in [0.5, 0.6) is 0 Å². The molecule has 2 nitrogen and oxygen atoms in total. The van der Waals surface area contributed by atoms with Crippen LogP contribution in [0.2, 0.25) is 5.02 Å². The third-order valence-corrected chi connectivity index (χ3v) is 2.59. The van der Waals surface area contributed by atoms with Crippen LogP contribution in [-0.2, 0) is 11.3 Å². The summed E-state index contributed by atoms with van der Waals surface area (Å²) in [6, 6.07) is 4.60. The zero-order valence-electron chi connectivity index (χ0n) is 9.59. The molecular formula is C12H17ClFNO. The van der Waals surface area contributed by atoms with E-state index in [2.05, 4.69) is 5.32 Å². The molecule has 0 fully saturated rings. The molecule has 0 bridgehead atoms. The topological polar surface area (TPSA) is 21.3 Å². The third kappa shape index (κ3) is 4.47. The van der Waals surface area contributed by atoms with Crippen LogP contribution in [0.4, 0.5) is 4.39 Å². The maximum absolute atomic E-state index is 13.0. The van der Waals surface area contributed by atoms with Gasteiger partial charge >= 0.3 is 0 Å². The van der Waals surface area contributed by atoms with Crippen LogP contribution >= 0.6 is 11.6 Å². The summed E-state index contributed by atoms with van der Waals surface area (Å²) in [7, 11) is 0. The normalized spacial score (nSPS) is 12.8. The first kappa shape index (κ1) is 13.4. The highest BCUT2D eigenvalue weighted by molar-refractivity contribution is 6.31. The van der Waals surface area contributed by atoms with E-state index in [-0.39, 0.29) is 11.9 Å². The van der Waals surface area contributed by atoms with Crippen molar-refractivity contribution in [2.75, 3.05) is 13.2 Å². The standard InChI is InChI=1S/C12H17ClFNO/c1-3-16-8-9(2)15-7-10-6-11(14)4-5-12(10)13/h4-6,9,15H,3,7-8H2,1-2H3. The maximum atomic E-state index is 13.0. The lowest BCUT2D eigenvalue weighted by molar-refractivity contribution is 0.127. The quantitative estimate of drug-likeness (QED) is 0.832. The largest absolute Gasteiger partial charge is 0.380 e. The van der Waals surface area contributed by atoms with Gasteiger partial charge in [-0.3, -0.25) is 0 Å². The Labute approximate surface area is 101 Å². The Bertz CT molecular complexity index is 333. The first-order chi connectivity index (χ1) is 7.63. The molecule has 1 aromatic carbocycles. The highest BCUT2D eigenvalue weighted by atomic mass is 35.5. The van der Waals surface area contributed by atoms with Crippen LogP contribution < -0.4 is 5.32 Å². The number of halogens is 2. The van der Waals surface area contributed by atoms with Gasteiger partial charge in [-0.15, -0.1) is 0 Å². The minimum atomic E-state index is -0.265. The van der Waals surface area contributed by atoms with Crippen molar-refractivity contribution in [2.24, 2.45) is 0 Å². The van der Waals surface area contributed by atoms with Crippen molar-refractivity contribution in [1.82, 2.24) is 5.32 Å². The van der Waals surface area contributed by atoms with Gasteiger partial charge in [0.2, 0.25) is 0 Å². The SMILES string of the molecule is CCOCC(C)NCc1cc(F)ccc1Cl. The maximum Gasteiger partial charge on any atom is 0.123 e. The van der Waals surface area contributed by atoms with Gasteiger partial charge in [0.05, 0.1) is 6.61 Å². The second-order valence-electron chi connectivity index (χ2n) is 3.68. The van der Waals surface area contributed by atoms with E-state index in [0.717, 1.165) is 5.56 Å². The average Bonchev–Trinajstić information content (AvgIpc) is 2.27. The van der Waals surface area contributed by atoms with Crippen molar-refractivity contribution in [2.45, 2.75) is 26.4 Å². The van der Waals surface area contributed by atoms with Gasteiger partial charge in [0.1, 0.15) is 5.82 Å². The fourth-order valence-corrected chi connectivity index (χ4v) is 1.50. The van der Waals surface area contributed by atoms with Crippen LogP contribution in [0, 0.1) is 5.82 Å². The molecule has 1 unspecified atom stereocenters. The van der Waals surface area contributed by atoms with Crippen molar-refractivity contribution in [3.63, 3.8) is 0 Å². The van der Waals surface area contributed by atoms with E-state index in [4.69, 9.17) is 16.3 Å². The Balaban J connectivity index is 2.44. The van der Waals surface area contributed by atoms with Crippen LogP contribution in [0.1, 0.15) is 19.4 Å². The Morgan fingerprint density at radius 1 is 1.50 bits per heavy atom. The molecule has 0 spiro atoms. The minimum Gasteiger partial charge on any atom is -0.380 e. The highest BCUT2D eigenvalue weighted by Crippen LogP contribution is 2.16. The number of benzene rings is 1. The van der Waals surface area contributed by atoms with Crippen LogP contribution in [0.25, 0.3) is 0 Å². The van der Waals surface area contributed by atoms with Crippen molar-refractivity contribution < 1.29 is 9.13 Å².